The summed E-state index contributed by atoms with van der Waals surface area (Å²) in [6.45, 7) is 2.63. The molecule has 0 bridgehead atoms. The molecule has 1 aromatic heterocycles. The molecule has 0 saturated carbocycles. The summed E-state index contributed by atoms with van der Waals surface area (Å²) in [5.74, 6) is 0.361. The van der Waals surface area contributed by atoms with Crippen LogP contribution in [-0.2, 0) is 9.53 Å². The van der Waals surface area contributed by atoms with Gasteiger partial charge in [-0.2, -0.15) is 0 Å². The molecule has 0 fully saturated rings. The van der Waals surface area contributed by atoms with Crippen LogP contribution in [0.15, 0.2) is 22.9 Å². The number of pyridine rings is 1. The summed E-state index contributed by atoms with van der Waals surface area (Å²) in [6, 6.07) is 3.49. The second kappa shape index (κ2) is 7.24. The monoisotopic (exact) mass is 302 g/mol. The maximum absolute atomic E-state index is 11.6. The van der Waals surface area contributed by atoms with Gasteiger partial charge in [0.1, 0.15) is 4.60 Å². The number of carbonyl (C=O) groups excluding carboxylic acids is 1. The Morgan fingerprint density at radius 3 is 3.06 bits per heavy atom. The van der Waals surface area contributed by atoms with Crippen molar-refractivity contribution in [1.29, 1.82) is 0 Å². The summed E-state index contributed by atoms with van der Waals surface area (Å²) in [6.07, 6.45) is 1.06. The Kier molecular flexibility index (Phi) is 5.93. The summed E-state index contributed by atoms with van der Waals surface area (Å²) in [4.78, 5) is 15.6. The van der Waals surface area contributed by atoms with Crippen molar-refractivity contribution in [2.45, 2.75) is 13.0 Å². The number of rotatable bonds is 6. The van der Waals surface area contributed by atoms with Crippen LogP contribution in [0.1, 0.15) is 6.92 Å². The van der Waals surface area contributed by atoms with E-state index in [1.807, 2.05) is 0 Å². The van der Waals surface area contributed by atoms with E-state index in [9.17, 15) is 4.79 Å². The molecular weight excluding hydrogens is 288 g/mol. The second-order valence-corrected chi connectivity index (χ2v) is 4.09. The van der Waals surface area contributed by atoms with Crippen LogP contribution < -0.4 is 10.1 Å². The van der Waals surface area contributed by atoms with E-state index in [4.69, 9.17) is 9.47 Å². The Labute approximate surface area is 109 Å². The third kappa shape index (κ3) is 4.70. The molecule has 5 nitrogen and oxygen atoms in total. The highest BCUT2D eigenvalue weighted by molar-refractivity contribution is 9.10. The van der Waals surface area contributed by atoms with Gasteiger partial charge in [-0.15, -0.1) is 0 Å². The number of amides is 1. The van der Waals surface area contributed by atoms with E-state index < -0.39 is 6.10 Å². The smallest absolute Gasteiger partial charge is 0.260 e. The molecular formula is C11H15BrN2O3. The van der Waals surface area contributed by atoms with E-state index in [-0.39, 0.29) is 5.91 Å². The van der Waals surface area contributed by atoms with Crippen LogP contribution >= 0.6 is 15.9 Å². The van der Waals surface area contributed by atoms with Gasteiger partial charge in [0.15, 0.2) is 11.9 Å². The lowest BCUT2D eigenvalue weighted by atomic mass is 10.3. The van der Waals surface area contributed by atoms with Gasteiger partial charge in [0, 0.05) is 19.9 Å². The summed E-state index contributed by atoms with van der Waals surface area (Å²) < 4.78 is 10.9. The van der Waals surface area contributed by atoms with Gasteiger partial charge in [0.25, 0.3) is 5.91 Å². The number of methoxy groups -OCH3 is 1. The molecule has 0 aliphatic heterocycles. The molecule has 1 unspecified atom stereocenters. The van der Waals surface area contributed by atoms with Gasteiger partial charge in [-0.3, -0.25) is 4.79 Å². The topological polar surface area (TPSA) is 60.5 Å². The molecule has 1 atom stereocenters. The molecule has 0 radical (unpaired) electrons. The number of nitrogens with zero attached hydrogens (tertiary/aromatic N) is 1. The number of carbonyl (C=O) groups is 1. The van der Waals surface area contributed by atoms with Crippen molar-refractivity contribution in [2.24, 2.45) is 0 Å². The average molecular weight is 303 g/mol. The predicted octanol–water partition coefficient (Wildman–Crippen LogP) is 1.37. The Hall–Kier alpha value is -1.14. The first kappa shape index (κ1) is 13.9. The third-order valence-electron chi connectivity index (χ3n) is 2.00. The van der Waals surface area contributed by atoms with Crippen molar-refractivity contribution in [3.05, 3.63) is 22.9 Å². The van der Waals surface area contributed by atoms with E-state index >= 15 is 0 Å². The first-order valence-electron chi connectivity index (χ1n) is 5.19. The molecule has 17 heavy (non-hydrogen) atoms. The maximum atomic E-state index is 11.6. The van der Waals surface area contributed by atoms with Crippen molar-refractivity contribution in [2.75, 3.05) is 20.3 Å². The van der Waals surface area contributed by atoms with Gasteiger partial charge >= 0.3 is 0 Å². The van der Waals surface area contributed by atoms with Gasteiger partial charge in [-0.1, -0.05) is 0 Å². The number of hydrogen-bond donors (Lipinski definition) is 1. The normalized spacial score (nSPS) is 11.9. The fourth-order valence-electron chi connectivity index (χ4n) is 1.12. The number of ether oxygens (including phenoxy) is 2. The first-order valence-corrected chi connectivity index (χ1v) is 5.98. The summed E-state index contributed by atoms with van der Waals surface area (Å²) in [5, 5.41) is 2.70. The van der Waals surface area contributed by atoms with Crippen molar-refractivity contribution in [3.8, 4) is 5.75 Å². The SMILES string of the molecule is COCCNC(=O)C(C)Oc1cccnc1Br. The van der Waals surface area contributed by atoms with Crippen molar-refractivity contribution in [3.63, 3.8) is 0 Å². The number of aromatic nitrogens is 1. The molecule has 1 aromatic rings. The fraction of sp³-hybridized carbons (Fsp3) is 0.455. The molecule has 0 spiro atoms. The minimum absolute atomic E-state index is 0.183. The Balaban J connectivity index is 2.46. The van der Waals surface area contributed by atoms with Crippen LogP contribution in [0.3, 0.4) is 0 Å². The fourth-order valence-corrected chi connectivity index (χ4v) is 1.47. The summed E-state index contributed by atoms with van der Waals surface area (Å²) in [7, 11) is 1.58. The van der Waals surface area contributed by atoms with E-state index in [0.717, 1.165) is 0 Å². The number of halogens is 1. The standard InChI is InChI=1S/C11H15BrN2O3/c1-8(11(15)14-6-7-16-2)17-9-4-3-5-13-10(9)12/h3-5,8H,6-7H2,1-2H3,(H,14,15). The lowest BCUT2D eigenvalue weighted by Crippen LogP contribution is -2.38. The zero-order valence-corrected chi connectivity index (χ0v) is 11.4. The highest BCUT2D eigenvalue weighted by Crippen LogP contribution is 2.22. The van der Waals surface area contributed by atoms with Crippen LogP contribution in [0.4, 0.5) is 0 Å². The van der Waals surface area contributed by atoms with E-state index in [0.29, 0.717) is 23.5 Å². The molecule has 1 N–H and O–H groups in total. The predicted molar refractivity (Wildman–Crippen MR) is 66.9 cm³/mol. The molecule has 1 heterocycles. The van der Waals surface area contributed by atoms with Crippen LogP contribution in [0.25, 0.3) is 0 Å². The highest BCUT2D eigenvalue weighted by Gasteiger charge is 2.15. The van der Waals surface area contributed by atoms with Crippen molar-refractivity contribution < 1.29 is 14.3 Å². The van der Waals surface area contributed by atoms with Crippen LogP contribution in [-0.4, -0.2) is 37.3 Å². The zero-order valence-electron chi connectivity index (χ0n) is 9.77. The van der Waals surface area contributed by atoms with Gasteiger partial charge in [0.2, 0.25) is 0 Å². The molecule has 1 rings (SSSR count). The Bertz CT molecular complexity index is 373. The molecule has 0 aliphatic rings. The Morgan fingerprint density at radius 2 is 2.41 bits per heavy atom. The van der Waals surface area contributed by atoms with E-state index in [2.05, 4.69) is 26.2 Å². The molecule has 6 heteroatoms. The molecule has 0 saturated heterocycles. The van der Waals surface area contributed by atoms with Gasteiger partial charge in [-0.25, -0.2) is 4.98 Å². The molecule has 0 aromatic carbocycles. The summed E-state index contributed by atoms with van der Waals surface area (Å²) >= 11 is 3.25. The number of nitrogens with one attached hydrogen (secondary N) is 1. The molecule has 1 amide bonds. The number of hydrogen-bond acceptors (Lipinski definition) is 4. The highest BCUT2D eigenvalue weighted by atomic mass is 79.9. The van der Waals surface area contributed by atoms with Crippen LogP contribution in [0.5, 0.6) is 5.75 Å². The third-order valence-corrected chi connectivity index (χ3v) is 2.60. The molecule has 0 aliphatic carbocycles. The largest absolute Gasteiger partial charge is 0.478 e. The minimum atomic E-state index is -0.577. The zero-order chi connectivity index (χ0) is 12.7. The van der Waals surface area contributed by atoms with Gasteiger partial charge < -0.3 is 14.8 Å². The van der Waals surface area contributed by atoms with E-state index in [1.54, 1.807) is 32.4 Å². The quantitative estimate of drug-likeness (QED) is 0.637. The lowest BCUT2D eigenvalue weighted by molar-refractivity contribution is -0.127. The van der Waals surface area contributed by atoms with Crippen LogP contribution in [0, 0.1) is 0 Å². The molecule has 94 valence electrons. The van der Waals surface area contributed by atoms with Crippen LogP contribution in [0.2, 0.25) is 0 Å². The van der Waals surface area contributed by atoms with Crippen molar-refractivity contribution >= 4 is 21.8 Å². The summed E-state index contributed by atoms with van der Waals surface area (Å²) in [5.41, 5.74) is 0. The average Bonchev–Trinajstić information content (AvgIpc) is 2.32. The maximum Gasteiger partial charge on any atom is 0.260 e. The minimum Gasteiger partial charge on any atom is -0.478 e. The second-order valence-electron chi connectivity index (χ2n) is 3.34. The Morgan fingerprint density at radius 1 is 1.65 bits per heavy atom. The van der Waals surface area contributed by atoms with Gasteiger partial charge in [0.05, 0.1) is 6.61 Å². The van der Waals surface area contributed by atoms with Gasteiger partial charge in [-0.05, 0) is 35.0 Å². The van der Waals surface area contributed by atoms with E-state index in [1.165, 1.54) is 0 Å². The van der Waals surface area contributed by atoms with Crippen molar-refractivity contribution in [1.82, 2.24) is 10.3 Å². The first-order chi connectivity index (χ1) is 8.15. The lowest BCUT2D eigenvalue weighted by Gasteiger charge is -2.14.